The van der Waals surface area contributed by atoms with Gasteiger partial charge in [-0.2, -0.15) is 0 Å². The van der Waals surface area contributed by atoms with Crippen molar-refractivity contribution in [2.24, 2.45) is 7.05 Å². The van der Waals surface area contributed by atoms with E-state index in [0.29, 0.717) is 6.54 Å². The summed E-state index contributed by atoms with van der Waals surface area (Å²) in [7, 11) is 0.742. The second kappa shape index (κ2) is 8.56. The Balaban J connectivity index is 1.71. The molecule has 0 aliphatic carbocycles. The van der Waals surface area contributed by atoms with Crippen molar-refractivity contribution >= 4 is 10.0 Å². The average Bonchev–Trinajstić information content (AvgIpc) is 3.02. The number of benzene rings is 1. The van der Waals surface area contributed by atoms with E-state index in [2.05, 4.69) is 32.2 Å². The zero-order valence-electron chi connectivity index (χ0n) is 16.4. The zero-order chi connectivity index (χ0) is 19.4. The molecule has 1 aliphatic heterocycles. The molecule has 6 nitrogen and oxygen atoms in total. The van der Waals surface area contributed by atoms with Crippen LogP contribution < -0.4 is 4.72 Å². The van der Waals surface area contributed by atoms with Crippen LogP contribution in [0.3, 0.4) is 0 Å². The molecule has 1 unspecified atom stereocenters. The minimum absolute atomic E-state index is 0.0112. The van der Waals surface area contributed by atoms with Gasteiger partial charge in [0, 0.05) is 51.7 Å². The fourth-order valence-electron chi connectivity index (χ4n) is 3.65. The molecule has 1 aliphatic rings. The average molecular weight is 391 g/mol. The molecule has 0 bridgehead atoms. The zero-order valence-corrected chi connectivity index (χ0v) is 17.2. The van der Waals surface area contributed by atoms with E-state index >= 15 is 0 Å². The third kappa shape index (κ3) is 5.42. The van der Waals surface area contributed by atoms with Crippen molar-refractivity contribution in [3.63, 3.8) is 0 Å². The summed E-state index contributed by atoms with van der Waals surface area (Å²) >= 11 is 0. The SMILES string of the molecule is Cc1cccc(CS(=O)(=O)NCC(c2cccn2C)N2CCN(C)CC2)c1. The lowest BCUT2D eigenvalue weighted by Gasteiger charge is -2.38. The smallest absolute Gasteiger partial charge is 0.215 e. The van der Waals surface area contributed by atoms with Crippen LogP contribution in [0, 0.1) is 6.92 Å². The van der Waals surface area contributed by atoms with Gasteiger partial charge in [-0.15, -0.1) is 0 Å². The molecular formula is C20H30N4O2S. The van der Waals surface area contributed by atoms with E-state index in [4.69, 9.17) is 0 Å². The molecule has 0 radical (unpaired) electrons. The fourth-order valence-corrected chi connectivity index (χ4v) is 4.79. The Morgan fingerprint density at radius 2 is 1.81 bits per heavy atom. The molecule has 2 heterocycles. The molecule has 1 aromatic carbocycles. The quantitative estimate of drug-likeness (QED) is 0.782. The standard InChI is InChI=1S/C20H30N4O2S/c1-17-6-4-7-18(14-17)16-27(25,26)21-15-20(19-8-5-9-23(19)3)24-12-10-22(2)11-13-24/h4-9,14,20-21H,10-13,15-16H2,1-3H3. The highest BCUT2D eigenvalue weighted by molar-refractivity contribution is 7.88. The normalized spacial score (nSPS) is 17.9. The van der Waals surface area contributed by atoms with E-state index < -0.39 is 10.0 Å². The molecule has 1 aromatic heterocycles. The summed E-state index contributed by atoms with van der Waals surface area (Å²) in [6.45, 7) is 6.23. The molecule has 2 aromatic rings. The highest BCUT2D eigenvalue weighted by Crippen LogP contribution is 2.22. The number of piperazine rings is 1. The van der Waals surface area contributed by atoms with Crippen molar-refractivity contribution in [2.45, 2.75) is 18.7 Å². The van der Waals surface area contributed by atoms with Crippen LogP contribution in [-0.4, -0.2) is 62.6 Å². The number of nitrogens with zero attached hydrogens (tertiary/aromatic N) is 3. The van der Waals surface area contributed by atoms with Gasteiger partial charge in [0.15, 0.2) is 0 Å². The molecule has 1 N–H and O–H groups in total. The second-order valence-corrected chi connectivity index (χ2v) is 9.30. The summed E-state index contributed by atoms with van der Waals surface area (Å²) in [6.07, 6.45) is 2.01. The van der Waals surface area contributed by atoms with Gasteiger partial charge in [0.25, 0.3) is 0 Å². The molecule has 1 fully saturated rings. The molecule has 3 rings (SSSR count). The van der Waals surface area contributed by atoms with Crippen molar-refractivity contribution in [3.8, 4) is 0 Å². The predicted octanol–water partition coefficient (Wildman–Crippen LogP) is 1.74. The molecule has 7 heteroatoms. The first-order chi connectivity index (χ1) is 12.8. The summed E-state index contributed by atoms with van der Waals surface area (Å²) in [5.41, 5.74) is 3.03. The van der Waals surface area contributed by atoms with Gasteiger partial charge >= 0.3 is 0 Å². The second-order valence-electron chi connectivity index (χ2n) is 7.50. The Kier molecular flexibility index (Phi) is 6.37. The minimum atomic E-state index is -3.40. The highest BCUT2D eigenvalue weighted by Gasteiger charge is 2.27. The van der Waals surface area contributed by atoms with E-state index in [9.17, 15) is 8.42 Å². The van der Waals surface area contributed by atoms with Crippen molar-refractivity contribution in [1.29, 1.82) is 0 Å². The maximum atomic E-state index is 12.7. The van der Waals surface area contributed by atoms with Crippen LogP contribution in [0.5, 0.6) is 0 Å². The lowest BCUT2D eigenvalue weighted by molar-refractivity contribution is 0.109. The number of aryl methyl sites for hydroxylation is 2. The Hall–Kier alpha value is -1.67. The van der Waals surface area contributed by atoms with Crippen LogP contribution in [0.25, 0.3) is 0 Å². The van der Waals surface area contributed by atoms with Gasteiger partial charge in [-0.1, -0.05) is 29.8 Å². The molecular weight excluding hydrogens is 360 g/mol. The van der Waals surface area contributed by atoms with Crippen LogP contribution in [0.1, 0.15) is 22.9 Å². The topological polar surface area (TPSA) is 57.6 Å². The summed E-state index contributed by atoms with van der Waals surface area (Å²) in [6, 6.07) is 11.8. The Bertz CT molecular complexity index is 854. The summed E-state index contributed by atoms with van der Waals surface area (Å²) < 4.78 is 30.3. The molecule has 27 heavy (non-hydrogen) atoms. The van der Waals surface area contributed by atoms with Crippen LogP contribution >= 0.6 is 0 Å². The first-order valence-electron chi connectivity index (χ1n) is 9.41. The summed E-state index contributed by atoms with van der Waals surface area (Å²) in [5, 5.41) is 0. The van der Waals surface area contributed by atoms with Crippen LogP contribution in [0.4, 0.5) is 0 Å². The van der Waals surface area contributed by atoms with Crippen molar-refractivity contribution in [1.82, 2.24) is 19.1 Å². The Morgan fingerprint density at radius 3 is 2.44 bits per heavy atom. The number of hydrogen-bond acceptors (Lipinski definition) is 4. The van der Waals surface area contributed by atoms with E-state index in [1.54, 1.807) is 0 Å². The van der Waals surface area contributed by atoms with Crippen molar-refractivity contribution in [3.05, 3.63) is 59.4 Å². The molecule has 148 valence electrons. The van der Waals surface area contributed by atoms with Gasteiger partial charge in [0.2, 0.25) is 10.0 Å². The summed E-state index contributed by atoms with van der Waals surface area (Å²) in [5.74, 6) is 0.0112. The Labute approximate surface area is 162 Å². The number of hydrogen-bond donors (Lipinski definition) is 1. The van der Waals surface area contributed by atoms with E-state index in [0.717, 1.165) is 43.0 Å². The molecule has 1 atom stereocenters. The van der Waals surface area contributed by atoms with E-state index in [-0.39, 0.29) is 11.8 Å². The number of likely N-dealkylation sites (N-methyl/N-ethyl adjacent to an activating group) is 1. The monoisotopic (exact) mass is 390 g/mol. The van der Waals surface area contributed by atoms with Gasteiger partial charge in [-0.25, -0.2) is 13.1 Å². The first kappa shape index (κ1) is 20.1. The molecule has 0 saturated carbocycles. The number of nitrogens with one attached hydrogen (secondary N) is 1. The minimum Gasteiger partial charge on any atom is -0.353 e. The van der Waals surface area contributed by atoms with Gasteiger partial charge in [0.1, 0.15) is 0 Å². The van der Waals surface area contributed by atoms with E-state index in [1.807, 2.05) is 50.5 Å². The molecule has 1 saturated heterocycles. The largest absolute Gasteiger partial charge is 0.353 e. The number of sulfonamides is 1. The van der Waals surface area contributed by atoms with Gasteiger partial charge in [-0.05, 0) is 31.7 Å². The lowest BCUT2D eigenvalue weighted by atomic mass is 10.1. The Morgan fingerprint density at radius 1 is 1.07 bits per heavy atom. The van der Waals surface area contributed by atoms with Crippen LogP contribution in [0.2, 0.25) is 0 Å². The highest BCUT2D eigenvalue weighted by atomic mass is 32.2. The van der Waals surface area contributed by atoms with Crippen molar-refractivity contribution < 1.29 is 8.42 Å². The first-order valence-corrected chi connectivity index (χ1v) is 11.1. The third-order valence-electron chi connectivity index (χ3n) is 5.24. The van der Waals surface area contributed by atoms with Crippen LogP contribution in [-0.2, 0) is 22.8 Å². The third-order valence-corrected chi connectivity index (χ3v) is 6.56. The van der Waals surface area contributed by atoms with E-state index in [1.165, 1.54) is 0 Å². The van der Waals surface area contributed by atoms with Gasteiger partial charge < -0.3 is 9.47 Å². The number of rotatable bonds is 7. The van der Waals surface area contributed by atoms with Gasteiger partial charge in [0.05, 0.1) is 11.8 Å². The van der Waals surface area contributed by atoms with Crippen LogP contribution in [0.15, 0.2) is 42.6 Å². The van der Waals surface area contributed by atoms with Crippen molar-refractivity contribution in [2.75, 3.05) is 39.8 Å². The molecule has 0 amide bonds. The maximum absolute atomic E-state index is 12.7. The fraction of sp³-hybridized carbons (Fsp3) is 0.500. The lowest BCUT2D eigenvalue weighted by Crippen LogP contribution is -2.49. The molecule has 0 spiro atoms. The maximum Gasteiger partial charge on any atom is 0.215 e. The summed E-state index contributed by atoms with van der Waals surface area (Å²) in [4.78, 5) is 4.69. The predicted molar refractivity (Wildman–Crippen MR) is 109 cm³/mol. The van der Waals surface area contributed by atoms with Gasteiger partial charge in [-0.3, -0.25) is 4.90 Å². The number of aromatic nitrogens is 1.